The van der Waals surface area contributed by atoms with Crippen LogP contribution < -0.4 is 15.1 Å². The van der Waals surface area contributed by atoms with Crippen molar-refractivity contribution in [2.75, 3.05) is 63.9 Å². The molecule has 1 amide bonds. The topological polar surface area (TPSA) is 67.2 Å². The van der Waals surface area contributed by atoms with E-state index in [4.69, 9.17) is 9.47 Å². The molecule has 4 aromatic rings. The zero-order chi connectivity index (χ0) is 28.7. The number of halogens is 1. The number of nitrogens with zero attached hydrogens (tertiary/aromatic N) is 4. The third kappa shape index (κ3) is 4.63. The first-order chi connectivity index (χ1) is 20.0. The second kappa shape index (κ2) is 11.1. The summed E-state index contributed by atoms with van der Waals surface area (Å²) in [5.74, 6) is -0.0837. The number of ether oxygens (including phenoxy) is 2. The lowest BCUT2D eigenvalue weighted by Crippen LogP contribution is -2.42. The molecule has 41 heavy (non-hydrogen) atoms. The summed E-state index contributed by atoms with van der Waals surface area (Å²) in [7, 11) is 0. The number of morpholine rings is 1. The molecule has 0 aliphatic carbocycles. The predicted molar refractivity (Wildman–Crippen MR) is 159 cm³/mol. The van der Waals surface area contributed by atoms with Gasteiger partial charge in [0.1, 0.15) is 16.8 Å². The van der Waals surface area contributed by atoms with Gasteiger partial charge >= 0.3 is 0 Å². The molecule has 0 saturated carbocycles. The van der Waals surface area contributed by atoms with E-state index in [-0.39, 0.29) is 16.9 Å². The van der Waals surface area contributed by atoms with Gasteiger partial charge in [-0.25, -0.2) is 4.39 Å². The number of likely N-dealkylation sites (N-methyl/N-ethyl adjacent to an activating group) is 2. The minimum absolute atomic E-state index is 0.00663. The number of pyridine rings is 1. The molecule has 2 aliphatic rings. The number of anilines is 1. The Kier molecular flexibility index (Phi) is 7.40. The number of carbonyl (C=O) groups is 1. The second-order valence-corrected chi connectivity index (χ2v) is 10.4. The Bertz CT molecular complexity index is 1690. The summed E-state index contributed by atoms with van der Waals surface area (Å²) in [6.45, 7) is 11.5. The number of amides is 1. The van der Waals surface area contributed by atoms with Crippen LogP contribution in [0.15, 0.2) is 53.5 Å². The van der Waals surface area contributed by atoms with Crippen LogP contribution in [0.2, 0.25) is 0 Å². The van der Waals surface area contributed by atoms with Crippen molar-refractivity contribution in [3.05, 3.63) is 70.3 Å². The summed E-state index contributed by atoms with van der Waals surface area (Å²) in [5.41, 5.74) is 1.02. The molecule has 1 saturated heterocycles. The van der Waals surface area contributed by atoms with E-state index < -0.39 is 11.2 Å². The minimum atomic E-state index is -0.544. The molecule has 3 aromatic carbocycles. The van der Waals surface area contributed by atoms with Crippen LogP contribution in [0.1, 0.15) is 31.1 Å². The van der Waals surface area contributed by atoms with Crippen molar-refractivity contribution in [1.29, 1.82) is 0 Å². The van der Waals surface area contributed by atoms with Crippen LogP contribution in [0.25, 0.3) is 27.4 Å². The van der Waals surface area contributed by atoms with E-state index in [2.05, 4.69) is 18.7 Å². The van der Waals surface area contributed by atoms with Gasteiger partial charge in [-0.3, -0.25) is 9.59 Å². The predicted octanol–water partition coefficient (Wildman–Crippen LogP) is 5.03. The van der Waals surface area contributed by atoms with E-state index in [1.807, 2.05) is 52.8 Å². The van der Waals surface area contributed by atoms with Gasteiger partial charge < -0.3 is 28.7 Å². The van der Waals surface area contributed by atoms with Crippen LogP contribution in [0.3, 0.4) is 0 Å². The Morgan fingerprint density at radius 2 is 1.73 bits per heavy atom. The first-order valence-electron chi connectivity index (χ1n) is 14.4. The van der Waals surface area contributed by atoms with E-state index in [0.29, 0.717) is 62.1 Å². The number of hydrogen-bond donors (Lipinski definition) is 0. The molecular weight excluding hydrogens is 523 g/mol. The Balaban J connectivity index is 1.61. The summed E-state index contributed by atoms with van der Waals surface area (Å²) in [6.07, 6.45) is 1.62. The molecule has 8 nitrogen and oxygen atoms in total. The second-order valence-electron chi connectivity index (χ2n) is 10.4. The van der Waals surface area contributed by atoms with E-state index in [1.54, 1.807) is 11.1 Å². The largest absolute Gasteiger partial charge is 0.451 e. The number of rotatable bonds is 8. The average molecular weight is 559 g/mol. The first kappa shape index (κ1) is 27.2. The van der Waals surface area contributed by atoms with E-state index >= 15 is 4.39 Å². The van der Waals surface area contributed by atoms with Crippen molar-refractivity contribution in [3.63, 3.8) is 0 Å². The van der Waals surface area contributed by atoms with Crippen LogP contribution in [-0.2, 0) is 4.74 Å². The highest BCUT2D eigenvalue weighted by molar-refractivity contribution is 6.04. The molecule has 1 aromatic heterocycles. The monoisotopic (exact) mass is 558 g/mol. The van der Waals surface area contributed by atoms with E-state index in [0.717, 1.165) is 36.1 Å². The average Bonchev–Trinajstić information content (AvgIpc) is 3.01. The van der Waals surface area contributed by atoms with Gasteiger partial charge in [0.2, 0.25) is 5.43 Å². The molecule has 0 unspecified atom stereocenters. The summed E-state index contributed by atoms with van der Waals surface area (Å²) in [5, 5.41) is 2.02. The van der Waals surface area contributed by atoms with Crippen LogP contribution in [-0.4, -0.2) is 79.3 Å². The zero-order valence-electron chi connectivity index (χ0n) is 23.8. The lowest BCUT2D eigenvalue weighted by atomic mass is 10.0. The summed E-state index contributed by atoms with van der Waals surface area (Å²) in [6, 6.07) is 13.0. The van der Waals surface area contributed by atoms with E-state index in [1.165, 1.54) is 6.07 Å². The molecule has 0 radical (unpaired) electrons. The molecule has 2 aliphatic heterocycles. The maximum atomic E-state index is 16.1. The number of hydrogen-bond acceptors (Lipinski definition) is 6. The molecule has 0 atom stereocenters. The highest BCUT2D eigenvalue weighted by atomic mass is 19.1. The van der Waals surface area contributed by atoms with E-state index in [9.17, 15) is 9.59 Å². The van der Waals surface area contributed by atoms with Crippen LogP contribution >= 0.6 is 0 Å². The van der Waals surface area contributed by atoms with Gasteiger partial charge in [-0.15, -0.1) is 0 Å². The quantitative estimate of drug-likeness (QED) is 0.266. The maximum Gasteiger partial charge on any atom is 0.259 e. The summed E-state index contributed by atoms with van der Waals surface area (Å²) in [4.78, 5) is 33.4. The highest BCUT2D eigenvalue weighted by Crippen LogP contribution is 2.48. The fourth-order valence-corrected chi connectivity index (χ4v) is 5.98. The van der Waals surface area contributed by atoms with Crippen LogP contribution in [0, 0.1) is 5.82 Å². The fourth-order valence-electron chi connectivity index (χ4n) is 5.98. The molecule has 0 bridgehead atoms. The maximum absolute atomic E-state index is 16.1. The molecule has 3 heterocycles. The smallest absolute Gasteiger partial charge is 0.259 e. The van der Waals surface area contributed by atoms with Crippen molar-refractivity contribution in [1.82, 2.24) is 14.4 Å². The van der Waals surface area contributed by atoms with Crippen molar-refractivity contribution in [3.8, 4) is 17.2 Å². The molecule has 6 rings (SSSR count). The fraction of sp³-hybridized carbons (Fsp3) is 0.375. The highest BCUT2D eigenvalue weighted by Gasteiger charge is 2.32. The third-order valence-corrected chi connectivity index (χ3v) is 8.29. The van der Waals surface area contributed by atoms with Gasteiger partial charge in [-0.2, -0.15) is 0 Å². The van der Waals surface area contributed by atoms with Gasteiger partial charge in [0.05, 0.1) is 24.3 Å². The van der Waals surface area contributed by atoms with Gasteiger partial charge in [-0.05, 0) is 37.5 Å². The number of benzene rings is 3. The molecular formula is C32H35FN4O4. The molecule has 1 fully saturated rings. The SMILES string of the molecule is CCN(CC)CCN(CC)c1c(F)cc2c(=O)c(C(=O)N3CCOCC3)cn3c2c1Oc1ccc2ccccc2c1-3. The standard InChI is InChI=1S/C32H35FN4O4/c1-4-34(5-2)13-14-35(6-3)29-25(33)19-23-28-31(29)41-26-12-11-21-9-7-8-10-22(21)27(26)37(28)20-24(30(23)38)32(39)36-15-17-40-18-16-36/h7-12,19-20H,4-6,13-18H2,1-3H3. The van der Waals surface area contributed by atoms with Crippen LogP contribution in [0.4, 0.5) is 10.1 Å². The normalized spacial score (nSPS) is 14.4. The van der Waals surface area contributed by atoms with Gasteiger partial charge in [0.25, 0.3) is 5.91 Å². The summed E-state index contributed by atoms with van der Waals surface area (Å²) < 4.78 is 29.9. The Hall–Kier alpha value is -3.95. The summed E-state index contributed by atoms with van der Waals surface area (Å²) >= 11 is 0. The van der Waals surface area contributed by atoms with Crippen molar-refractivity contribution in [2.24, 2.45) is 0 Å². The van der Waals surface area contributed by atoms with Gasteiger partial charge in [0.15, 0.2) is 17.3 Å². The molecule has 9 heteroatoms. The third-order valence-electron chi connectivity index (χ3n) is 8.29. The van der Waals surface area contributed by atoms with Crippen molar-refractivity contribution < 1.29 is 18.7 Å². The number of aromatic nitrogens is 1. The lowest BCUT2D eigenvalue weighted by molar-refractivity contribution is 0.0302. The molecule has 0 N–H and O–H groups in total. The number of carbonyl (C=O) groups excluding carboxylic acids is 1. The van der Waals surface area contributed by atoms with Gasteiger partial charge in [0, 0.05) is 44.3 Å². The zero-order valence-corrected chi connectivity index (χ0v) is 23.8. The van der Waals surface area contributed by atoms with Crippen molar-refractivity contribution >= 4 is 33.3 Å². The Morgan fingerprint density at radius 3 is 2.46 bits per heavy atom. The van der Waals surface area contributed by atoms with Gasteiger partial charge in [-0.1, -0.05) is 44.2 Å². The Morgan fingerprint density at radius 1 is 0.976 bits per heavy atom. The first-order valence-corrected chi connectivity index (χ1v) is 14.4. The molecule has 0 spiro atoms. The number of fused-ring (bicyclic) bond motifs is 4. The minimum Gasteiger partial charge on any atom is -0.451 e. The molecule has 214 valence electrons. The lowest BCUT2D eigenvalue weighted by Gasteiger charge is -2.32. The van der Waals surface area contributed by atoms with Crippen LogP contribution in [0.5, 0.6) is 11.5 Å². The Labute approximate surface area is 238 Å². The van der Waals surface area contributed by atoms with Crippen molar-refractivity contribution in [2.45, 2.75) is 20.8 Å².